The van der Waals surface area contributed by atoms with Crippen LogP contribution in [0, 0.1) is 18.6 Å². The van der Waals surface area contributed by atoms with E-state index in [0.717, 1.165) is 0 Å². The molecule has 1 unspecified atom stereocenters. The standard InChI is InChI=1S/C11H15F2NO/c1-3-14-6-9(15)10-8(12)5-4-7(2)11(10)13/h4-5,9,14-15H,3,6H2,1-2H3. The average molecular weight is 215 g/mol. The first-order valence-electron chi connectivity index (χ1n) is 4.91. The molecular formula is C11H15F2NO. The van der Waals surface area contributed by atoms with Crippen molar-refractivity contribution in [1.29, 1.82) is 0 Å². The van der Waals surface area contributed by atoms with E-state index in [4.69, 9.17) is 0 Å². The summed E-state index contributed by atoms with van der Waals surface area (Å²) in [6.07, 6.45) is -1.15. The van der Waals surface area contributed by atoms with Crippen LogP contribution in [-0.4, -0.2) is 18.2 Å². The first-order valence-corrected chi connectivity index (χ1v) is 4.91. The van der Waals surface area contributed by atoms with Gasteiger partial charge in [0.2, 0.25) is 0 Å². The van der Waals surface area contributed by atoms with Gasteiger partial charge in [-0.1, -0.05) is 13.0 Å². The molecule has 2 N–H and O–H groups in total. The van der Waals surface area contributed by atoms with Gasteiger partial charge in [-0.05, 0) is 25.1 Å². The second-order valence-corrected chi connectivity index (χ2v) is 3.42. The molecule has 15 heavy (non-hydrogen) atoms. The lowest BCUT2D eigenvalue weighted by Gasteiger charge is -2.14. The number of aryl methyl sites for hydroxylation is 1. The van der Waals surface area contributed by atoms with E-state index in [-0.39, 0.29) is 12.1 Å². The summed E-state index contributed by atoms with van der Waals surface area (Å²) in [5.74, 6) is -1.37. The molecule has 84 valence electrons. The lowest BCUT2D eigenvalue weighted by molar-refractivity contribution is 0.165. The van der Waals surface area contributed by atoms with Crippen molar-refractivity contribution in [2.75, 3.05) is 13.1 Å². The maximum absolute atomic E-state index is 13.5. The van der Waals surface area contributed by atoms with Crippen LogP contribution in [0.3, 0.4) is 0 Å². The molecule has 0 aromatic heterocycles. The Bertz CT molecular complexity index is 342. The number of hydrogen-bond donors (Lipinski definition) is 2. The first kappa shape index (κ1) is 12.1. The summed E-state index contributed by atoms with van der Waals surface area (Å²) in [6, 6.07) is 2.52. The average Bonchev–Trinajstić information content (AvgIpc) is 2.21. The molecule has 1 rings (SSSR count). The maximum Gasteiger partial charge on any atom is 0.134 e. The highest BCUT2D eigenvalue weighted by atomic mass is 19.1. The number of nitrogens with one attached hydrogen (secondary N) is 1. The van der Waals surface area contributed by atoms with Gasteiger partial charge in [-0.15, -0.1) is 0 Å². The maximum atomic E-state index is 13.5. The van der Waals surface area contributed by atoms with Crippen LogP contribution >= 0.6 is 0 Å². The highest BCUT2D eigenvalue weighted by Gasteiger charge is 2.18. The van der Waals surface area contributed by atoms with E-state index in [1.807, 2.05) is 6.92 Å². The summed E-state index contributed by atoms with van der Waals surface area (Å²) >= 11 is 0. The zero-order valence-electron chi connectivity index (χ0n) is 8.85. The van der Waals surface area contributed by atoms with Crippen molar-refractivity contribution in [2.24, 2.45) is 0 Å². The molecule has 0 heterocycles. The number of aliphatic hydroxyl groups excluding tert-OH is 1. The normalized spacial score (nSPS) is 12.9. The predicted octanol–water partition coefficient (Wildman–Crippen LogP) is 1.92. The minimum absolute atomic E-state index is 0.147. The molecule has 1 aromatic carbocycles. The van der Waals surface area contributed by atoms with Crippen molar-refractivity contribution in [3.63, 3.8) is 0 Å². The molecule has 1 atom stereocenters. The van der Waals surface area contributed by atoms with Crippen LogP contribution in [0.4, 0.5) is 8.78 Å². The predicted molar refractivity (Wildman–Crippen MR) is 54.6 cm³/mol. The summed E-state index contributed by atoms with van der Waals surface area (Å²) in [6.45, 7) is 4.19. The van der Waals surface area contributed by atoms with Gasteiger partial charge in [-0.25, -0.2) is 8.78 Å². The Morgan fingerprint density at radius 3 is 2.67 bits per heavy atom. The number of halogens is 2. The molecule has 0 saturated heterocycles. The van der Waals surface area contributed by atoms with Gasteiger partial charge in [0.05, 0.1) is 11.7 Å². The Balaban J connectivity index is 2.96. The monoisotopic (exact) mass is 215 g/mol. The summed E-state index contributed by atoms with van der Waals surface area (Å²) in [5.41, 5.74) is 0.0814. The summed E-state index contributed by atoms with van der Waals surface area (Å²) in [7, 11) is 0. The lowest BCUT2D eigenvalue weighted by Crippen LogP contribution is -2.22. The fourth-order valence-electron chi connectivity index (χ4n) is 1.37. The molecule has 0 bridgehead atoms. The molecule has 0 fully saturated rings. The van der Waals surface area contributed by atoms with E-state index >= 15 is 0 Å². The van der Waals surface area contributed by atoms with E-state index in [0.29, 0.717) is 12.1 Å². The Hall–Kier alpha value is -1.00. The van der Waals surface area contributed by atoms with Crippen molar-refractivity contribution in [3.8, 4) is 0 Å². The number of hydrogen-bond acceptors (Lipinski definition) is 2. The molecule has 0 spiro atoms. The molecule has 0 saturated carbocycles. The number of aliphatic hydroxyl groups is 1. The van der Waals surface area contributed by atoms with Crippen LogP contribution in [-0.2, 0) is 0 Å². The largest absolute Gasteiger partial charge is 0.387 e. The number of likely N-dealkylation sites (N-methyl/N-ethyl adjacent to an activating group) is 1. The fraction of sp³-hybridized carbons (Fsp3) is 0.455. The highest BCUT2D eigenvalue weighted by molar-refractivity contribution is 5.28. The van der Waals surface area contributed by atoms with Crippen LogP contribution < -0.4 is 5.32 Å². The van der Waals surface area contributed by atoms with E-state index < -0.39 is 17.7 Å². The van der Waals surface area contributed by atoms with Crippen LogP contribution in [0.25, 0.3) is 0 Å². The molecule has 1 aromatic rings. The van der Waals surface area contributed by atoms with Crippen LogP contribution in [0.1, 0.15) is 24.2 Å². The van der Waals surface area contributed by atoms with E-state index in [1.165, 1.54) is 19.1 Å². The Labute approximate surface area is 87.9 Å². The summed E-state index contributed by atoms with van der Waals surface area (Å²) < 4.78 is 26.8. The van der Waals surface area contributed by atoms with Crippen molar-refractivity contribution in [1.82, 2.24) is 5.32 Å². The topological polar surface area (TPSA) is 32.3 Å². The van der Waals surface area contributed by atoms with Gasteiger partial charge in [-0.3, -0.25) is 0 Å². The van der Waals surface area contributed by atoms with Gasteiger partial charge < -0.3 is 10.4 Å². The Kier molecular flexibility index (Phi) is 4.17. The van der Waals surface area contributed by atoms with Gasteiger partial charge >= 0.3 is 0 Å². The second-order valence-electron chi connectivity index (χ2n) is 3.42. The highest BCUT2D eigenvalue weighted by Crippen LogP contribution is 2.22. The number of benzene rings is 1. The Morgan fingerprint density at radius 1 is 1.40 bits per heavy atom. The minimum Gasteiger partial charge on any atom is -0.387 e. The Morgan fingerprint density at radius 2 is 2.07 bits per heavy atom. The molecule has 0 radical (unpaired) electrons. The van der Waals surface area contributed by atoms with Gasteiger partial charge in [-0.2, -0.15) is 0 Å². The van der Waals surface area contributed by atoms with E-state index in [9.17, 15) is 13.9 Å². The SMILES string of the molecule is CCNCC(O)c1c(F)ccc(C)c1F. The third kappa shape index (κ3) is 2.73. The van der Waals surface area contributed by atoms with Crippen molar-refractivity contribution in [2.45, 2.75) is 20.0 Å². The summed E-state index contributed by atoms with van der Waals surface area (Å²) in [4.78, 5) is 0. The van der Waals surface area contributed by atoms with Gasteiger partial charge in [0, 0.05) is 6.54 Å². The van der Waals surface area contributed by atoms with E-state index in [2.05, 4.69) is 5.32 Å². The molecule has 0 aliphatic rings. The molecular weight excluding hydrogens is 200 g/mol. The second kappa shape index (κ2) is 5.19. The lowest BCUT2D eigenvalue weighted by atomic mass is 10.0. The third-order valence-corrected chi connectivity index (χ3v) is 2.24. The number of rotatable bonds is 4. The van der Waals surface area contributed by atoms with Gasteiger partial charge in [0.15, 0.2) is 0 Å². The van der Waals surface area contributed by atoms with Crippen molar-refractivity contribution < 1.29 is 13.9 Å². The molecule has 2 nitrogen and oxygen atoms in total. The first-order chi connectivity index (χ1) is 7.07. The minimum atomic E-state index is -1.15. The van der Waals surface area contributed by atoms with Crippen molar-refractivity contribution in [3.05, 3.63) is 34.9 Å². The smallest absolute Gasteiger partial charge is 0.134 e. The summed E-state index contributed by atoms with van der Waals surface area (Å²) in [5, 5.41) is 12.4. The van der Waals surface area contributed by atoms with E-state index in [1.54, 1.807) is 0 Å². The molecule has 4 heteroatoms. The zero-order chi connectivity index (χ0) is 11.4. The van der Waals surface area contributed by atoms with Crippen molar-refractivity contribution >= 4 is 0 Å². The molecule has 0 aliphatic heterocycles. The molecule has 0 aliphatic carbocycles. The van der Waals surface area contributed by atoms with Gasteiger partial charge in [0.25, 0.3) is 0 Å². The van der Waals surface area contributed by atoms with Gasteiger partial charge in [0.1, 0.15) is 11.6 Å². The fourth-order valence-corrected chi connectivity index (χ4v) is 1.37. The van der Waals surface area contributed by atoms with Crippen LogP contribution in [0.5, 0.6) is 0 Å². The van der Waals surface area contributed by atoms with Crippen LogP contribution in [0.2, 0.25) is 0 Å². The third-order valence-electron chi connectivity index (χ3n) is 2.24. The van der Waals surface area contributed by atoms with Crippen LogP contribution in [0.15, 0.2) is 12.1 Å². The zero-order valence-corrected chi connectivity index (χ0v) is 8.85. The molecule has 0 amide bonds. The quantitative estimate of drug-likeness (QED) is 0.804.